The molecule has 0 rings (SSSR count). The summed E-state index contributed by atoms with van der Waals surface area (Å²) in [6.45, 7) is 4.53. The van der Waals surface area contributed by atoms with E-state index in [4.69, 9.17) is 10.5 Å². The maximum absolute atomic E-state index is 11.8. The molecule has 0 aromatic heterocycles. The quantitative estimate of drug-likeness (QED) is 0.457. The van der Waals surface area contributed by atoms with Gasteiger partial charge in [-0.3, -0.25) is 9.59 Å². The van der Waals surface area contributed by atoms with Crippen LogP contribution in [0.15, 0.2) is 0 Å². The van der Waals surface area contributed by atoms with Crippen molar-refractivity contribution in [1.82, 2.24) is 0 Å². The van der Waals surface area contributed by atoms with Crippen LogP contribution in [0.5, 0.6) is 0 Å². The molecule has 18 heavy (non-hydrogen) atoms. The third kappa shape index (κ3) is 9.02. The Morgan fingerprint density at radius 2 is 1.78 bits per heavy atom. The lowest BCUT2D eigenvalue weighted by atomic mass is 9.97. The Morgan fingerprint density at radius 1 is 1.06 bits per heavy atom. The summed E-state index contributed by atoms with van der Waals surface area (Å²) < 4.78 is 5.19. The smallest absolute Gasteiger partial charge is 0.308 e. The SMILES string of the molecule is CCCCCC(CCC)C(=O)OCCCC(N)=O. The molecule has 0 saturated carbocycles. The number of hydrogen-bond acceptors (Lipinski definition) is 3. The van der Waals surface area contributed by atoms with Crippen molar-refractivity contribution >= 4 is 11.9 Å². The molecular weight excluding hydrogens is 230 g/mol. The highest BCUT2D eigenvalue weighted by Crippen LogP contribution is 2.17. The van der Waals surface area contributed by atoms with Crippen LogP contribution in [0.4, 0.5) is 0 Å². The van der Waals surface area contributed by atoms with Crippen LogP contribution in [0, 0.1) is 5.92 Å². The first-order valence-corrected chi connectivity index (χ1v) is 7.06. The molecule has 0 aliphatic heterocycles. The van der Waals surface area contributed by atoms with Crippen molar-refractivity contribution in [2.75, 3.05) is 6.61 Å². The van der Waals surface area contributed by atoms with E-state index in [1.807, 2.05) is 0 Å². The first-order chi connectivity index (χ1) is 8.61. The zero-order valence-electron chi connectivity index (χ0n) is 11.7. The number of carbonyl (C=O) groups excluding carboxylic acids is 2. The molecule has 4 nitrogen and oxygen atoms in total. The van der Waals surface area contributed by atoms with E-state index in [9.17, 15) is 9.59 Å². The molecule has 0 heterocycles. The lowest BCUT2D eigenvalue weighted by Crippen LogP contribution is -2.19. The second-order valence-corrected chi connectivity index (χ2v) is 4.72. The molecule has 0 aromatic rings. The van der Waals surface area contributed by atoms with Crippen LogP contribution >= 0.6 is 0 Å². The van der Waals surface area contributed by atoms with Gasteiger partial charge in [0.25, 0.3) is 0 Å². The van der Waals surface area contributed by atoms with E-state index < -0.39 is 0 Å². The number of ether oxygens (including phenoxy) is 1. The van der Waals surface area contributed by atoms with Crippen LogP contribution in [-0.2, 0) is 14.3 Å². The number of rotatable bonds is 11. The van der Waals surface area contributed by atoms with Crippen molar-refractivity contribution in [3.05, 3.63) is 0 Å². The van der Waals surface area contributed by atoms with Gasteiger partial charge in [-0.15, -0.1) is 0 Å². The normalized spacial score (nSPS) is 12.1. The highest BCUT2D eigenvalue weighted by Gasteiger charge is 2.18. The van der Waals surface area contributed by atoms with Crippen LogP contribution < -0.4 is 5.73 Å². The van der Waals surface area contributed by atoms with Gasteiger partial charge in [-0.05, 0) is 19.3 Å². The van der Waals surface area contributed by atoms with Gasteiger partial charge in [0.2, 0.25) is 5.91 Å². The zero-order valence-corrected chi connectivity index (χ0v) is 11.7. The summed E-state index contributed by atoms with van der Waals surface area (Å²) in [5.74, 6) is -0.438. The van der Waals surface area contributed by atoms with Gasteiger partial charge in [0.05, 0.1) is 12.5 Å². The Bertz CT molecular complexity index is 241. The van der Waals surface area contributed by atoms with Gasteiger partial charge >= 0.3 is 5.97 Å². The minimum absolute atomic E-state index is 0.0233. The van der Waals surface area contributed by atoms with E-state index in [-0.39, 0.29) is 24.2 Å². The molecule has 2 N–H and O–H groups in total. The van der Waals surface area contributed by atoms with Gasteiger partial charge in [-0.1, -0.05) is 39.5 Å². The van der Waals surface area contributed by atoms with E-state index >= 15 is 0 Å². The van der Waals surface area contributed by atoms with Crippen LogP contribution in [-0.4, -0.2) is 18.5 Å². The average molecular weight is 257 g/mol. The fraction of sp³-hybridized carbons (Fsp3) is 0.857. The Kier molecular flexibility index (Phi) is 10.4. The van der Waals surface area contributed by atoms with Crippen molar-refractivity contribution in [2.45, 2.75) is 65.2 Å². The number of hydrogen-bond donors (Lipinski definition) is 1. The summed E-state index contributed by atoms with van der Waals surface area (Å²) >= 11 is 0. The molecule has 4 heteroatoms. The predicted octanol–water partition coefficient (Wildman–Crippen LogP) is 2.79. The maximum atomic E-state index is 11.8. The van der Waals surface area contributed by atoms with Crippen LogP contribution in [0.1, 0.15) is 65.2 Å². The molecule has 1 unspecified atom stereocenters. The van der Waals surface area contributed by atoms with E-state index in [1.165, 1.54) is 0 Å². The van der Waals surface area contributed by atoms with Gasteiger partial charge < -0.3 is 10.5 Å². The van der Waals surface area contributed by atoms with Gasteiger partial charge in [0, 0.05) is 6.42 Å². The van der Waals surface area contributed by atoms with Crippen LogP contribution in [0.2, 0.25) is 0 Å². The van der Waals surface area contributed by atoms with Crippen molar-refractivity contribution < 1.29 is 14.3 Å². The van der Waals surface area contributed by atoms with Gasteiger partial charge in [0.15, 0.2) is 0 Å². The molecule has 1 atom stereocenters. The summed E-state index contributed by atoms with van der Waals surface area (Å²) in [4.78, 5) is 22.4. The fourth-order valence-electron chi connectivity index (χ4n) is 1.91. The molecule has 0 saturated heterocycles. The van der Waals surface area contributed by atoms with Crippen LogP contribution in [0.3, 0.4) is 0 Å². The molecule has 0 radical (unpaired) electrons. The standard InChI is InChI=1S/C14H27NO3/c1-3-5-6-9-12(8-4-2)14(17)18-11-7-10-13(15)16/h12H,3-11H2,1-2H3,(H2,15,16). The molecular formula is C14H27NO3. The first-order valence-electron chi connectivity index (χ1n) is 7.06. The largest absolute Gasteiger partial charge is 0.465 e. The number of amides is 1. The third-order valence-electron chi connectivity index (χ3n) is 2.94. The molecule has 0 aliphatic rings. The Labute approximate surface area is 110 Å². The monoisotopic (exact) mass is 257 g/mol. The molecule has 0 spiro atoms. The Morgan fingerprint density at radius 3 is 2.33 bits per heavy atom. The molecule has 1 amide bonds. The van der Waals surface area contributed by atoms with Gasteiger partial charge in [-0.2, -0.15) is 0 Å². The van der Waals surface area contributed by atoms with Crippen LogP contribution in [0.25, 0.3) is 0 Å². The average Bonchev–Trinajstić information content (AvgIpc) is 2.33. The molecule has 0 bridgehead atoms. The van der Waals surface area contributed by atoms with E-state index in [2.05, 4.69) is 13.8 Å². The first kappa shape index (κ1) is 16.9. The lowest BCUT2D eigenvalue weighted by molar-refractivity contribution is -0.149. The molecule has 0 aliphatic carbocycles. The third-order valence-corrected chi connectivity index (χ3v) is 2.94. The van der Waals surface area contributed by atoms with Gasteiger partial charge in [-0.25, -0.2) is 0 Å². The second kappa shape index (κ2) is 11.1. The fourth-order valence-corrected chi connectivity index (χ4v) is 1.91. The molecule has 106 valence electrons. The predicted molar refractivity (Wildman–Crippen MR) is 71.9 cm³/mol. The summed E-state index contributed by atoms with van der Waals surface area (Å²) in [6.07, 6.45) is 7.00. The molecule has 0 aromatic carbocycles. The topological polar surface area (TPSA) is 69.4 Å². The highest BCUT2D eigenvalue weighted by molar-refractivity contribution is 5.74. The van der Waals surface area contributed by atoms with Crippen molar-refractivity contribution in [3.63, 3.8) is 0 Å². The van der Waals surface area contributed by atoms with Crippen molar-refractivity contribution in [1.29, 1.82) is 0 Å². The number of carbonyl (C=O) groups is 2. The van der Waals surface area contributed by atoms with Gasteiger partial charge in [0.1, 0.15) is 0 Å². The summed E-state index contributed by atoms with van der Waals surface area (Å²) in [5.41, 5.74) is 5.02. The number of esters is 1. The minimum Gasteiger partial charge on any atom is -0.465 e. The summed E-state index contributed by atoms with van der Waals surface area (Å²) in [7, 11) is 0. The van der Waals surface area contributed by atoms with Crippen molar-refractivity contribution in [3.8, 4) is 0 Å². The number of primary amides is 1. The molecule has 0 fully saturated rings. The lowest BCUT2D eigenvalue weighted by Gasteiger charge is -2.14. The maximum Gasteiger partial charge on any atom is 0.308 e. The highest BCUT2D eigenvalue weighted by atomic mass is 16.5. The number of unbranched alkanes of at least 4 members (excludes halogenated alkanes) is 2. The Hall–Kier alpha value is -1.06. The van der Waals surface area contributed by atoms with E-state index in [0.29, 0.717) is 13.0 Å². The van der Waals surface area contributed by atoms with E-state index in [0.717, 1.165) is 38.5 Å². The zero-order chi connectivity index (χ0) is 13.8. The number of nitrogens with two attached hydrogens (primary N) is 1. The summed E-state index contributed by atoms with van der Waals surface area (Å²) in [6, 6.07) is 0. The van der Waals surface area contributed by atoms with Crippen molar-refractivity contribution in [2.24, 2.45) is 11.7 Å². The Balaban J connectivity index is 3.86. The summed E-state index contributed by atoms with van der Waals surface area (Å²) in [5, 5.41) is 0. The second-order valence-electron chi connectivity index (χ2n) is 4.72. The minimum atomic E-state index is -0.348. The van der Waals surface area contributed by atoms with E-state index in [1.54, 1.807) is 0 Å².